The molecule has 0 saturated heterocycles. The molecule has 0 saturated carbocycles. The van der Waals surface area contributed by atoms with Gasteiger partial charge in [0.2, 0.25) is 0 Å². The lowest BCUT2D eigenvalue weighted by molar-refractivity contribution is -0.112. The number of nitrogens with zero attached hydrogens (tertiary/aromatic N) is 2. The van der Waals surface area contributed by atoms with Crippen molar-refractivity contribution in [2.75, 3.05) is 0 Å². The number of carbonyl (C=O) groups is 2. The topological polar surface area (TPSA) is 60.6 Å². The number of benzene rings is 2. The summed E-state index contributed by atoms with van der Waals surface area (Å²) in [5.41, 5.74) is 4.11. The van der Waals surface area contributed by atoms with Gasteiger partial charge in [0, 0.05) is 21.7 Å². The van der Waals surface area contributed by atoms with Crippen molar-refractivity contribution in [2.24, 2.45) is 4.99 Å². The molecule has 2 aliphatic heterocycles. The van der Waals surface area contributed by atoms with Crippen molar-refractivity contribution in [3.05, 3.63) is 68.7 Å². The summed E-state index contributed by atoms with van der Waals surface area (Å²) in [6.07, 6.45) is 1.81. The monoisotopic (exact) mass is 383 g/mol. The molecule has 1 amide bonds. The van der Waals surface area contributed by atoms with Gasteiger partial charge in [-0.2, -0.15) is 4.99 Å². The predicted molar refractivity (Wildman–Crippen MR) is 103 cm³/mol. The highest BCUT2D eigenvalue weighted by Crippen LogP contribution is 2.41. The van der Waals surface area contributed by atoms with Crippen molar-refractivity contribution in [3.63, 3.8) is 0 Å². The molecule has 0 spiro atoms. The smallest absolute Gasteiger partial charge is 0.279 e. The van der Waals surface area contributed by atoms with Crippen molar-refractivity contribution in [3.8, 4) is 0 Å². The Hall–Kier alpha value is -2.43. The summed E-state index contributed by atoms with van der Waals surface area (Å²) in [7, 11) is 0. The van der Waals surface area contributed by atoms with E-state index in [4.69, 9.17) is 23.2 Å². The van der Waals surface area contributed by atoms with E-state index in [0.717, 1.165) is 16.8 Å². The van der Waals surface area contributed by atoms with E-state index >= 15 is 0 Å². The van der Waals surface area contributed by atoms with E-state index in [0.29, 0.717) is 32.6 Å². The molecular weight excluding hydrogens is 371 g/mol. The van der Waals surface area contributed by atoms with E-state index in [9.17, 15) is 9.59 Å². The van der Waals surface area contributed by atoms with Crippen molar-refractivity contribution < 1.29 is 9.59 Å². The zero-order chi connectivity index (χ0) is 18.6. The number of ketones is 1. The van der Waals surface area contributed by atoms with Crippen LogP contribution in [0.4, 0.5) is 5.69 Å². The van der Waals surface area contributed by atoms with Crippen LogP contribution in [0.2, 0.25) is 10.0 Å². The Kier molecular flexibility index (Phi) is 3.98. The van der Waals surface area contributed by atoms with E-state index in [2.05, 4.69) is 10.3 Å². The summed E-state index contributed by atoms with van der Waals surface area (Å²) in [6.45, 7) is 3.41. The molecule has 0 N–H and O–H groups in total. The molecular formula is C20H13Cl2N2O2. The molecule has 0 fully saturated rings. The normalized spacial score (nSPS) is 17.8. The second-order valence-electron chi connectivity index (χ2n) is 6.35. The summed E-state index contributed by atoms with van der Waals surface area (Å²) in [5, 5.41) is 5.35. The highest BCUT2D eigenvalue weighted by atomic mass is 35.5. The Morgan fingerprint density at radius 1 is 1.15 bits per heavy atom. The maximum absolute atomic E-state index is 12.5. The fraction of sp³-hybridized carbons (Fsp3) is 0.150. The van der Waals surface area contributed by atoms with Crippen molar-refractivity contribution in [1.82, 2.24) is 5.32 Å². The lowest BCUT2D eigenvalue weighted by Crippen LogP contribution is -2.19. The van der Waals surface area contributed by atoms with Crippen LogP contribution in [0.1, 0.15) is 39.9 Å². The number of amides is 1. The lowest BCUT2D eigenvalue weighted by atomic mass is 9.90. The molecule has 2 heterocycles. The Bertz CT molecular complexity index is 1050. The fourth-order valence-corrected chi connectivity index (χ4v) is 3.85. The molecule has 26 heavy (non-hydrogen) atoms. The number of hydrogen-bond acceptors (Lipinski definition) is 2. The van der Waals surface area contributed by atoms with Crippen LogP contribution in [0, 0.1) is 6.92 Å². The zero-order valence-electron chi connectivity index (χ0n) is 14.0. The van der Waals surface area contributed by atoms with Crippen molar-refractivity contribution >= 4 is 52.0 Å². The number of aliphatic imine (C=N–C) groups is 1. The molecule has 6 heteroatoms. The van der Waals surface area contributed by atoms with Crippen LogP contribution in [0.3, 0.4) is 0 Å². The van der Waals surface area contributed by atoms with Crippen LogP contribution in [0.25, 0.3) is 5.57 Å². The molecule has 4 rings (SSSR count). The molecule has 1 radical (unpaired) electrons. The van der Waals surface area contributed by atoms with Crippen molar-refractivity contribution in [2.45, 2.75) is 19.8 Å². The number of rotatable bonds is 2. The van der Waals surface area contributed by atoms with Gasteiger partial charge in [-0.1, -0.05) is 35.3 Å². The molecule has 0 aliphatic carbocycles. The quantitative estimate of drug-likeness (QED) is 0.695. The van der Waals surface area contributed by atoms with Gasteiger partial charge in [-0.15, -0.1) is 0 Å². The van der Waals surface area contributed by atoms with Gasteiger partial charge in [0.1, 0.15) is 5.84 Å². The molecule has 2 aromatic rings. The number of amidine groups is 1. The van der Waals surface area contributed by atoms with E-state index in [-0.39, 0.29) is 17.6 Å². The number of Topliss-reactive ketones (excluding diaryl/α,β-unsaturated/α-hetero) is 1. The van der Waals surface area contributed by atoms with Gasteiger partial charge in [0.05, 0.1) is 16.6 Å². The summed E-state index contributed by atoms with van der Waals surface area (Å²) in [4.78, 5) is 28.5. The standard InChI is InChI=1S/C20H13Cl2N2O2/c1-9-5-18-14(7-13(9)10(2)25)15-8-16(20(26)24-19(15)23-18)12-4-3-11(21)6-17(12)22/h3-8,15H,1-2H3. The summed E-state index contributed by atoms with van der Waals surface area (Å²) in [5.74, 6) is -0.227. The van der Waals surface area contributed by atoms with Gasteiger partial charge in [0.15, 0.2) is 5.78 Å². The van der Waals surface area contributed by atoms with Gasteiger partial charge in [0.25, 0.3) is 5.91 Å². The van der Waals surface area contributed by atoms with Crippen LogP contribution in [-0.4, -0.2) is 17.5 Å². The summed E-state index contributed by atoms with van der Waals surface area (Å²) >= 11 is 12.2. The molecule has 4 nitrogen and oxygen atoms in total. The van der Waals surface area contributed by atoms with Gasteiger partial charge in [-0.25, -0.2) is 5.32 Å². The number of fused-ring (bicyclic) bond motifs is 3. The second-order valence-corrected chi connectivity index (χ2v) is 7.19. The third-order valence-corrected chi connectivity index (χ3v) is 5.15. The maximum atomic E-state index is 12.5. The Labute approximate surface area is 160 Å². The average molecular weight is 384 g/mol. The van der Waals surface area contributed by atoms with E-state index in [1.54, 1.807) is 18.2 Å². The minimum Gasteiger partial charge on any atom is -0.295 e. The third kappa shape index (κ3) is 2.66. The van der Waals surface area contributed by atoms with Gasteiger partial charge < -0.3 is 0 Å². The lowest BCUT2D eigenvalue weighted by Gasteiger charge is -2.16. The van der Waals surface area contributed by atoms with Crippen LogP contribution in [0.5, 0.6) is 0 Å². The minimum absolute atomic E-state index is 0.00692. The molecule has 0 aromatic heterocycles. The number of aryl methyl sites for hydroxylation is 1. The first kappa shape index (κ1) is 17.0. The first-order valence-electron chi connectivity index (χ1n) is 8.02. The molecule has 1 atom stereocenters. The van der Waals surface area contributed by atoms with Crippen LogP contribution in [0.15, 0.2) is 41.4 Å². The van der Waals surface area contributed by atoms with E-state index in [1.807, 2.05) is 25.1 Å². The fourth-order valence-electron chi connectivity index (χ4n) is 3.34. The average Bonchev–Trinajstić information content (AvgIpc) is 2.89. The third-order valence-electron chi connectivity index (χ3n) is 4.60. The van der Waals surface area contributed by atoms with Crippen LogP contribution < -0.4 is 5.32 Å². The SMILES string of the molecule is CC(=O)c1cc2c(cc1C)[N]C1=NC(=O)C(c3ccc(Cl)cc3Cl)=CC12. The first-order valence-corrected chi connectivity index (χ1v) is 8.78. The number of dihydropyridines is 1. The van der Waals surface area contributed by atoms with Crippen molar-refractivity contribution in [1.29, 1.82) is 0 Å². The summed E-state index contributed by atoms with van der Waals surface area (Å²) < 4.78 is 0. The van der Waals surface area contributed by atoms with E-state index in [1.165, 1.54) is 6.92 Å². The second kappa shape index (κ2) is 6.08. The van der Waals surface area contributed by atoms with Gasteiger partial charge >= 0.3 is 0 Å². The highest BCUT2D eigenvalue weighted by Gasteiger charge is 2.35. The van der Waals surface area contributed by atoms with Gasteiger partial charge in [-0.3, -0.25) is 9.59 Å². The molecule has 2 aromatic carbocycles. The molecule has 129 valence electrons. The van der Waals surface area contributed by atoms with Crippen LogP contribution in [-0.2, 0) is 4.79 Å². The number of carbonyl (C=O) groups excluding carboxylic acids is 2. The van der Waals surface area contributed by atoms with Gasteiger partial charge in [-0.05, 0) is 49.2 Å². The van der Waals surface area contributed by atoms with E-state index < -0.39 is 0 Å². The Morgan fingerprint density at radius 2 is 1.92 bits per heavy atom. The maximum Gasteiger partial charge on any atom is 0.279 e. The zero-order valence-corrected chi connectivity index (χ0v) is 15.5. The Morgan fingerprint density at radius 3 is 2.62 bits per heavy atom. The molecule has 0 bridgehead atoms. The van der Waals surface area contributed by atoms with Crippen LogP contribution >= 0.6 is 23.2 Å². The number of halogens is 2. The summed E-state index contributed by atoms with van der Waals surface area (Å²) in [6, 6.07) is 8.69. The molecule has 1 unspecified atom stereocenters. The highest BCUT2D eigenvalue weighted by molar-refractivity contribution is 6.38. The number of hydrogen-bond donors (Lipinski definition) is 0. The largest absolute Gasteiger partial charge is 0.295 e. The Balaban J connectivity index is 1.85. The molecule has 2 aliphatic rings. The minimum atomic E-state index is -0.388. The first-order chi connectivity index (χ1) is 12.3. The predicted octanol–water partition coefficient (Wildman–Crippen LogP) is 4.86.